The van der Waals surface area contributed by atoms with E-state index in [1.54, 1.807) is 12.1 Å². The normalized spacial score (nSPS) is 10.0. The summed E-state index contributed by atoms with van der Waals surface area (Å²) >= 11 is 19.6. The van der Waals surface area contributed by atoms with Gasteiger partial charge in [-0.25, -0.2) is 0 Å². The fourth-order valence-electron chi connectivity index (χ4n) is 0.530. The summed E-state index contributed by atoms with van der Waals surface area (Å²) in [7, 11) is 0. The Morgan fingerprint density at radius 1 is 1.10 bits per heavy atom. The Kier molecular flexibility index (Phi) is 2.81. The summed E-state index contributed by atoms with van der Waals surface area (Å²) < 4.78 is 0. The Balaban J connectivity index is 3.34. The van der Waals surface area contributed by atoms with E-state index in [9.17, 15) is 0 Å². The lowest BCUT2D eigenvalue weighted by atomic mass is 10.4. The molecule has 0 atom stereocenters. The molecule has 0 aliphatic heterocycles. The van der Waals surface area contributed by atoms with E-state index in [1.807, 2.05) is 0 Å². The molecular formula is C6H4Cl2S2. The van der Waals surface area contributed by atoms with Crippen molar-refractivity contribution < 1.29 is 0 Å². The van der Waals surface area contributed by atoms with Gasteiger partial charge in [-0.3, -0.25) is 0 Å². The average Bonchev–Trinajstić information content (AvgIpc) is 1.93. The van der Waals surface area contributed by atoms with Crippen LogP contribution in [0.3, 0.4) is 0 Å². The maximum absolute atomic E-state index is 5.73. The van der Waals surface area contributed by atoms with Crippen molar-refractivity contribution in [1.82, 2.24) is 0 Å². The summed E-state index contributed by atoms with van der Waals surface area (Å²) in [6.45, 7) is 0. The van der Waals surface area contributed by atoms with Crippen LogP contribution < -0.4 is 0 Å². The van der Waals surface area contributed by atoms with Crippen molar-refractivity contribution in [2.24, 2.45) is 0 Å². The van der Waals surface area contributed by atoms with Crippen molar-refractivity contribution in [3.63, 3.8) is 0 Å². The van der Waals surface area contributed by atoms with Crippen molar-refractivity contribution in [2.75, 3.05) is 0 Å². The first-order valence-electron chi connectivity index (χ1n) is 2.49. The molecule has 0 radical (unpaired) electrons. The highest BCUT2D eigenvalue weighted by Gasteiger charge is 2.03. The molecule has 0 amide bonds. The SMILES string of the molecule is Sc1ccc(Cl)c(Cl)c1S. The second-order valence-electron chi connectivity index (χ2n) is 1.73. The molecule has 0 aromatic heterocycles. The molecule has 0 aliphatic rings. The predicted molar refractivity (Wildman–Crippen MR) is 51.0 cm³/mol. The van der Waals surface area contributed by atoms with Gasteiger partial charge in [0.15, 0.2) is 0 Å². The van der Waals surface area contributed by atoms with E-state index in [1.165, 1.54) is 0 Å². The van der Waals surface area contributed by atoms with Crippen molar-refractivity contribution in [3.05, 3.63) is 22.2 Å². The zero-order chi connectivity index (χ0) is 7.72. The van der Waals surface area contributed by atoms with Gasteiger partial charge in [-0.05, 0) is 12.1 Å². The van der Waals surface area contributed by atoms with Crippen LogP contribution in [0.1, 0.15) is 0 Å². The third-order valence-electron chi connectivity index (χ3n) is 1.05. The second kappa shape index (κ2) is 3.26. The molecule has 1 aromatic carbocycles. The lowest BCUT2D eigenvalue weighted by molar-refractivity contribution is 1.27. The van der Waals surface area contributed by atoms with E-state index in [0.717, 1.165) is 4.90 Å². The van der Waals surface area contributed by atoms with E-state index in [2.05, 4.69) is 25.3 Å². The van der Waals surface area contributed by atoms with Gasteiger partial charge in [0.25, 0.3) is 0 Å². The summed E-state index contributed by atoms with van der Waals surface area (Å²) in [6, 6.07) is 3.44. The molecule has 0 bridgehead atoms. The summed E-state index contributed by atoms with van der Waals surface area (Å²) in [5.74, 6) is 0. The molecule has 0 aliphatic carbocycles. The highest BCUT2D eigenvalue weighted by atomic mass is 35.5. The van der Waals surface area contributed by atoms with Crippen molar-refractivity contribution >= 4 is 48.5 Å². The Hall–Kier alpha value is 0.500. The summed E-state index contributed by atoms with van der Waals surface area (Å²) in [4.78, 5) is 1.36. The first-order chi connectivity index (χ1) is 4.63. The molecule has 1 aromatic rings. The van der Waals surface area contributed by atoms with Gasteiger partial charge in [-0.2, -0.15) is 0 Å². The largest absolute Gasteiger partial charge is 0.142 e. The lowest BCUT2D eigenvalue weighted by Crippen LogP contribution is -1.74. The topological polar surface area (TPSA) is 0 Å². The number of thiol groups is 2. The number of benzene rings is 1. The van der Waals surface area contributed by atoms with Crippen LogP contribution in [0, 0.1) is 0 Å². The summed E-state index contributed by atoms with van der Waals surface area (Å²) in [5, 5.41) is 0.960. The van der Waals surface area contributed by atoms with Gasteiger partial charge >= 0.3 is 0 Å². The molecule has 0 spiro atoms. The van der Waals surface area contributed by atoms with Gasteiger partial charge in [-0.1, -0.05) is 23.2 Å². The fourth-order valence-corrected chi connectivity index (χ4v) is 1.37. The molecular weight excluding hydrogens is 207 g/mol. The zero-order valence-corrected chi connectivity index (χ0v) is 8.11. The van der Waals surface area contributed by atoms with Gasteiger partial charge < -0.3 is 0 Å². The first-order valence-corrected chi connectivity index (χ1v) is 4.14. The molecule has 1 rings (SSSR count). The number of rotatable bonds is 0. The third kappa shape index (κ3) is 1.56. The minimum absolute atomic E-state index is 0.456. The monoisotopic (exact) mass is 210 g/mol. The maximum Gasteiger partial charge on any atom is 0.0736 e. The molecule has 0 fully saturated rings. The van der Waals surface area contributed by atoms with Crippen molar-refractivity contribution in [2.45, 2.75) is 9.79 Å². The second-order valence-corrected chi connectivity index (χ2v) is 3.44. The first kappa shape index (κ1) is 8.60. The van der Waals surface area contributed by atoms with Gasteiger partial charge in [0.05, 0.1) is 10.0 Å². The van der Waals surface area contributed by atoms with E-state index < -0.39 is 0 Å². The quantitative estimate of drug-likeness (QED) is 0.602. The van der Waals surface area contributed by atoms with Crippen LogP contribution in [0.15, 0.2) is 21.9 Å². The van der Waals surface area contributed by atoms with E-state index in [-0.39, 0.29) is 0 Å². The van der Waals surface area contributed by atoms with Crippen LogP contribution in [0.5, 0.6) is 0 Å². The van der Waals surface area contributed by atoms with E-state index >= 15 is 0 Å². The molecule has 10 heavy (non-hydrogen) atoms. The Labute approximate surface area is 80.3 Å². The highest BCUT2D eigenvalue weighted by Crippen LogP contribution is 2.32. The molecule has 54 valence electrons. The van der Waals surface area contributed by atoms with Crippen LogP contribution in [-0.2, 0) is 0 Å². The number of hydrogen-bond donors (Lipinski definition) is 2. The van der Waals surface area contributed by atoms with Crippen LogP contribution in [0.25, 0.3) is 0 Å². The van der Waals surface area contributed by atoms with E-state index in [4.69, 9.17) is 23.2 Å². The van der Waals surface area contributed by atoms with Gasteiger partial charge in [-0.15, -0.1) is 25.3 Å². The molecule has 0 heterocycles. The fraction of sp³-hybridized carbons (Fsp3) is 0. The van der Waals surface area contributed by atoms with Crippen molar-refractivity contribution in [1.29, 1.82) is 0 Å². The molecule has 4 heteroatoms. The Morgan fingerprint density at radius 3 is 2.20 bits per heavy atom. The standard InChI is InChI=1S/C6H4Cl2S2/c7-3-1-2-4(9)6(10)5(3)8/h1-2,9-10H. The Bertz CT molecular complexity index is 233. The minimum atomic E-state index is 0.456. The van der Waals surface area contributed by atoms with Gasteiger partial charge in [0, 0.05) is 9.79 Å². The van der Waals surface area contributed by atoms with Crippen LogP contribution in [0.4, 0.5) is 0 Å². The van der Waals surface area contributed by atoms with Gasteiger partial charge in [0.1, 0.15) is 0 Å². The number of hydrogen-bond acceptors (Lipinski definition) is 2. The highest BCUT2D eigenvalue weighted by molar-refractivity contribution is 7.83. The minimum Gasteiger partial charge on any atom is -0.142 e. The summed E-state index contributed by atoms with van der Waals surface area (Å²) in [5.41, 5.74) is 0. The average molecular weight is 211 g/mol. The lowest BCUT2D eigenvalue weighted by Gasteiger charge is -2.00. The third-order valence-corrected chi connectivity index (χ3v) is 3.00. The van der Waals surface area contributed by atoms with Crippen LogP contribution in [-0.4, -0.2) is 0 Å². The molecule has 0 saturated carbocycles. The summed E-state index contributed by atoms with van der Waals surface area (Å²) in [6.07, 6.45) is 0. The molecule has 0 unspecified atom stereocenters. The van der Waals surface area contributed by atoms with Crippen LogP contribution >= 0.6 is 48.5 Å². The predicted octanol–water partition coefficient (Wildman–Crippen LogP) is 3.57. The van der Waals surface area contributed by atoms with Crippen molar-refractivity contribution in [3.8, 4) is 0 Å². The smallest absolute Gasteiger partial charge is 0.0736 e. The Morgan fingerprint density at radius 2 is 1.70 bits per heavy atom. The zero-order valence-electron chi connectivity index (χ0n) is 4.81. The maximum atomic E-state index is 5.73. The molecule has 0 N–H and O–H groups in total. The molecule has 0 saturated heterocycles. The van der Waals surface area contributed by atoms with Crippen LogP contribution in [0.2, 0.25) is 10.0 Å². The van der Waals surface area contributed by atoms with E-state index in [0.29, 0.717) is 14.9 Å². The number of halogens is 2. The van der Waals surface area contributed by atoms with Gasteiger partial charge in [0.2, 0.25) is 0 Å². The molecule has 0 nitrogen and oxygen atoms in total.